The van der Waals surface area contributed by atoms with Crippen molar-refractivity contribution in [3.8, 4) is 17.1 Å². The minimum atomic E-state index is -3.55. The number of hydrogen-bond donors (Lipinski definition) is 2. The number of para-hydroxylation sites is 1. The summed E-state index contributed by atoms with van der Waals surface area (Å²) in [6.07, 6.45) is 1.37. The Morgan fingerprint density at radius 2 is 1.82 bits per heavy atom. The highest BCUT2D eigenvalue weighted by atomic mass is 127. The van der Waals surface area contributed by atoms with Crippen molar-refractivity contribution in [2.45, 2.75) is 55.3 Å². The van der Waals surface area contributed by atoms with Crippen LogP contribution in [0, 0.1) is 6.92 Å². The quantitative estimate of drug-likeness (QED) is 0.130. The molecule has 0 aliphatic carbocycles. The molecule has 0 saturated carbocycles. The maximum absolute atomic E-state index is 12.9. The predicted octanol–water partition coefficient (Wildman–Crippen LogP) is 7.48. The molecule has 4 rings (SSSR count). The first-order valence-corrected chi connectivity index (χ1v) is 15.7. The summed E-state index contributed by atoms with van der Waals surface area (Å²) in [5.41, 5.74) is 3.66. The molecule has 0 fully saturated rings. The van der Waals surface area contributed by atoms with Crippen LogP contribution in [0.1, 0.15) is 39.0 Å². The van der Waals surface area contributed by atoms with Gasteiger partial charge in [-0.25, -0.2) is 13.4 Å². The van der Waals surface area contributed by atoms with Gasteiger partial charge in [0.15, 0.2) is 21.4 Å². The standard InChI is InChI=1S/C27H29ClIN5O4S/c1-15(2)37-24-11-18(13-29)19(23-10-17(5)34-38-23)12-22(24)32-27-30-14-20(28)26(33-27)31-21-8-6-7-9-25(21)39(35,36)16(3)4/h6-12,14-16H,13H2,1-5H3,(H2,30,31,32,33). The average molecular weight is 682 g/mol. The molecule has 12 heteroatoms. The normalized spacial score (nSPS) is 11.7. The van der Waals surface area contributed by atoms with E-state index in [1.807, 2.05) is 39.0 Å². The second kappa shape index (κ2) is 12.1. The lowest BCUT2D eigenvalue weighted by atomic mass is 10.0. The van der Waals surface area contributed by atoms with Crippen LogP contribution < -0.4 is 15.4 Å². The van der Waals surface area contributed by atoms with E-state index in [1.165, 1.54) is 6.20 Å². The number of aryl methyl sites for hydroxylation is 1. The van der Waals surface area contributed by atoms with Crippen LogP contribution in [0.5, 0.6) is 5.75 Å². The molecular weight excluding hydrogens is 653 g/mol. The van der Waals surface area contributed by atoms with Crippen molar-refractivity contribution in [3.63, 3.8) is 0 Å². The lowest BCUT2D eigenvalue weighted by Crippen LogP contribution is -2.15. The molecule has 206 valence electrons. The van der Waals surface area contributed by atoms with Crippen molar-refractivity contribution in [1.82, 2.24) is 15.1 Å². The first-order valence-electron chi connectivity index (χ1n) is 12.2. The second-order valence-corrected chi connectivity index (χ2v) is 13.0. The Morgan fingerprint density at radius 3 is 2.46 bits per heavy atom. The first kappa shape index (κ1) is 29.1. The Morgan fingerprint density at radius 1 is 1.08 bits per heavy atom. The highest BCUT2D eigenvalue weighted by Gasteiger charge is 2.23. The van der Waals surface area contributed by atoms with Gasteiger partial charge in [-0.3, -0.25) is 0 Å². The van der Waals surface area contributed by atoms with Crippen molar-refractivity contribution in [2.75, 3.05) is 10.6 Å². The molecule has 0 radical (unpaired) electrons. The summed E-state index contributed by atoms with van der Waals surface area (Å²) in [6, 6.07) is 12.4. The Labute approximate surface area is 246 Å². The van der Waals surface area contributed by atoms with Gasteiger partial charge in [0, 0.05) is 16.1 Å². The number of halogens is 2. The number of alkyl halides is 1. The average Bonchev–Trinajstić information content (AvgIpc) is 3.32. The second-order valence-electron chi connectivity index (χ2n) is 9.37. The molecule has 0 unspecified atom stereocenters. The molecule has 0 amide bonds. The summed E-state index contributed by atoms with van der Waals surface area (Å²) in [5, 5.41) is 9.98. The van der Waals surface area contributed by atoms with Gasteiger partial charge in [0.05, 0.1) is 39.5 Å². The molecule has 2 aromatic heterocycles. The largest absolute Gasteiger partial charge is 0.489 e. The summed E-state index contributed by atoms with van der Waals surface area (Å²) in [7, 11) is -3.55. The van der Waals surface area contributed by atoms with Crippen LogP contribution >= 0.6 is 34.2 Å². The molecule has 0 aliphatic rings. The summed E-state index contributed by atoms with van der Waals surface area (Å²) >= 11 is 8.72. The van der Waals surface area contributed by atoms with Crippen LogP contribution in [0.4, 0.5) is 23.1 Å². The number of sulfone groups is 1. The zero-order chi connectivity index (χ0) is 28.3. The van der Waals surface area contributed by atoms with E-state index < -0.39 is 15.1 Å². The van der Waals surface area contributed by atoms with Gasteiger partial charge in [0.25, 0.3) is 0 Å². The van der Waals surface area contributed by atoms with Gasteiger partial charge in [-0.05, 0) is 64.4 Å². The van der Waals surface area contributed by atoms with Gasteiger partial charge in [0.1, 0.15) is 10.8 Å². The fourth-order valence-corrected chi connectivity index (χ4v) is 5.71. The lowest BCUT2D eigenvalue weighted by molar-refractivity contribution is 0.243. The monoisotopic (exact) mass is 681 g/mol. The Hall–Kier alpha value is -2.90. The van der Waals surface area contributed by atoms with E-state index in [0.717, 1.165) is 21.2 Å². The first-order chi connectivity index (χ1) is 18.5. The van der Waals surface area contributed by atoms with Crippen LogP contribution in [0.3, 0.4) is 0 Å². The smallest absolute Gasteiger partial charge is 0.229 e. The molecule has 4 aromatic rings. The van der Waals surface area contributed by atoms with E-state index in [4.69, 9.17) is 20.9 Å². The van der Waals surface area contributed by atoms with E-state index in [-0.39, 0.29) is 27.8 Å². The van der Waals surface area contributed by atoms with Gasteiger partial charge >= 0.3 is 0 Å². The van der Waals surface area contributed by atoms with Crippen LogP contribution in [0.25, 0.3) is 11.3 Å². The summed E-state index contributed by atoms with van der Waals surface area (Å²) in [4.78, 5) is 9.05. The van der Waals surface area contributed by atoms with Crippen molar-refractivity contribution in [1.29, 1.82) is 0 Å². The van der Waals surface area contributed by atoms with Crippen LogP contribution in [0.2, 0.25) is 5.02 Å². The molecule has 9 nitrogen and oxygen atoms in total. The van der Waals surface area contributed by atoms with Crippen LogP contribution in [-0.4, -0.2) is 34.9 Å². The molecular formula is C27H29ClIN5O4S. The topological polar surface area (TPSA) is 119 Å². The van der Waals surface area contributed by atoms with Crippen molar-refractivity contribution in [3.05, 3.63) is 64.9 Å². The molecule has 39 heavy (non-hydrogen) atoms. The Bertz CT molecular complexity index is 1590. The number of benzene rings is 2. The molecule has 0 saturated heterocycles. The maximum Gasteiger partial charge on any atom is 0.229 e. The number of rotatable bonds is 10. The van der Waals surface area contributed by atoms with Crippen LogP contribution in [0.15, 0.2) is 58.1 Å². The molecule has 0 bridgehead atoms. The van der Waals surface area contributed by atoms with Gasteiger partial charge in [-0.2, -0.15) is 4.98 Å². The number of ether oxygens (including phenoxy) is 1. The molecule has 0 aliphatic heterocycles. The third kappa shape index (κ3) is 6.64. The molecule has 2 N–H and O–H groups in total. The number of hydrogen-bond acceptors (Lipinski definition) is 9. The Balaban J connectivity index is 1.74. The number of anilines is 4. The van der Waals surface area contributed by atoms with E-state index in [2.05, 4.69) is 48.3 Å². The van der Waals surface area contributed by atoms with E-state index in [0.29, 0.717) is 22.9 Å². The molecule has 2 aromatic carbocycles. The fraction of sp³-hybridized carbons (Fsp3) is 0.296. The zero-order valence-electron chi connectivity index (χ0n) is 22.1. The highest BCUT2D eigenvalue weighted by molar-refractivity contribution is 14.1. The van der Waals surface area contributed by atoms with Crippen molar-refractivity contribution >= 4 is 67.2 Å². The number of nitrogens with one attached hydrogen (secondary N) is 2. The SMILES string of the molecule is Cc1cc(-c2cc(Nc3ncc(Cl)c(Nc4ccccc4S(=O)(=O)C(C)C)n3)c(OC(C)C)cc2CI)on1. The Kier molecular flexibility index (Phi) is 9.02. The fourth-order valence-electron chi connectivity index (χ4n) is 3.74. The van der Waals surface area contributed by atoms with Crippen LogP contribution in [-0.2, 0) is 14.3 Å². The van der Waals surface area contributed by atoms with E-state index in [9.17, 15) is 8.42 Å². The molecule has 0 spiro atoms. The molecule has 0 atom stereocenters. The third-order valence-corrected chi connectivity index (χ3v) is 8.97. The molecule has 2 heterocycles. The number of nitrogens with zero attached hydrogens (tertiary/aromatic N) is 3. The van der Waals surface area contributed by atoms with Crippen molar-refractivity contribution in [2.24, 2.45) is 0 Å². The summed E-state index contributed by atoms with van der Waals surface area (Å²) in [6.45, 7) is 9.04. The number of aromatic nitrogens is 3. The minimum Gasteiger partial charge on any atom is -0.489 e. The van der Waals surface area contributed by atoms with E-state index >= 15 is 0 Å². The highest BCUT2D eigenvalue weighted by Crippen LogP contribution is 2.38. The predicted molar refractivity (Wildman–Crippen MR) is 163 cm³/mol. The van der Waals surface area contributed by atoms with Gasteiger partial charge in [-0.1, -0.05) is 51.5 Å². The lowest BCUT2D eigenvalue weighted by Gasteiger charge is -2.18. The zero-order valence-corrected chi connectivity index (χ0v) is 25.8. The van der Waals surface area contributed by atoms with Gasteiger partial charge < -0.3 is 19.9 Å². The maximum atomic E-state index is 12.9. The van der Waals surface area contributed by atoms with Gasteiger partial charge in [0.2, 0.25) is 5.95 Å². The third-order valence-electron chi connectivity index (χ3n) is 5.66. The minimum absolute atomic E-state index is 0.0752. The summed E-state index contributed by atoms with van der Waals surface area (Å²) in [5.74, 6) is 1.75. The summed E-state index contributed by atoms with van der Waals surface area (Å²) < 4.78 is 38.2. The van der Waals surface area contributed by atoms with Crippen molar-refractivity contribution < 1.29 is 17.7 Å². The van der Waals surface area contributed by atoms with E-state index in [1.54, 1.807) is 38.1 Å². The van der Waals surface area contributed by atoms with Gasteiger partial charge in [-0.15, -0.1) is 0 Å².